The van der Waals surface area contributed by atoms with E-state index in [0.29, 0.717) is 6.61 Å². The van der Waals surface area contributed by atoms with Crippen molar-refractivity contribution in [3.8, 4) is 17.0 Å². The second kappa shape index (κ2) is 9.29. The van der Waals surface area contributed by atoms with Crippen molar-refractivity contribution in [1.82, 2.24) is 20.4 Å². The van der Waals surface area contributed by atoms with Gasteiger partial charge in [-0.2, -0.15) is 15.4 Å². The van der Waals surface area contributed by atoms with Gasteiger partial charge in [-0.1, -0.05) is 57.2 Å². The first-order valence-electron chi connectivity index (χ1n) is 11.6. The third-order valence-corrected chi connectivity index (χ3v) is 6.12. The number of hydrogen-bond acceptors (Lipinski definition) is 4. The van der Waals surface area contributed by atoms with Gasteiger partial charge < -0.3 is 4.74 Å². The van der Waals surface area contributed by atoms with Gasteiger partial charge in [0, 0.05) is 16.9 Å². The highest BCUT2D eigenvalue weighted by molar-refractivity contribution is 5.78. The molecule has 0 aliphatic rings. The lowest BCUT2D eigenvalue weighted by atomic mass is 9.71. The Kier molecular flexibility index (Phi) is 6.03. The van der Waals surface area contributed by atoms with E-state index in [0.717, 1.165) is 39.2 Å². The van der Waals surface area contributed by atoms with Crippen LogP contribution in [-0.2, 0) is 6.61 Å². The third kappa shape index (κ3) is 4.92. The maximum atomic E-state index is 13.5. The van der Waals surface area contributed by atoms with Crippen LogP contribution < -0.4 is 4.74 Å². The molecule has 1 atom stereocenters. The molecule has 5 nitrogen and oxygen atoms in total. The van der Waals surface area contributed by atoms with Crippen molar-refractivity contribution in [2.75, 3.05) is 0 Å². The number of nitrogens with one attached hydrogen (secondary N) is 1. The van der Waals surface area contributed by atoms with Crippen LogP contribution >= 0.6 is 0 Å². The van der Waals surface area contributed by atoms with Crippen molar-refractivity contribution < 1.29 is 9.13 Å². The summed E-state index contributed by atoms with van der Waals surface area (Å²) in [6.07, 6.45) is 1.74. The Hall–Kier alpha value is -4.06. The molecule has 0 aliphatic carbocycles. The summed E-state index contributed by atoms with van der Waals surface area (Å²) in [7, 11) is 0. The Bertz CT molecular complexity index is 1440. The number of nitrogens with zero attached hydrogens (tertiary/aromatic N) is 3. The van der Waals surface area contributed by atoms with Crippen molar-refractivity contribution >= 4 is 10.9 Å². The summed E-state index contributed by atoms with van der Waals surface area (Å²) in [4.78, 5) is 4.62. The Balaban J connectivity index is 1.51. The summed E-state index contributed by atoms with van der Waals surface area (Å²) in [5.74, 6) is 0.584. The van der Waals surface area contributed by atoms with Gasteiger partial charge >= 0.3 is 0 Å². The lowest BCUT2D eigenvalue weighted by Gasteiger charge is -2.33. The number of benzene rings is 3. The second-order valence-electron chi connectivity index (χ2n) is 9.74. The molecule has 1 unspecified atom stereocenters. The van der Waals surface area contributed by atoms with Crippen LogP contribution in [0.2, 0.25) is 0 Å². The number of aromatic nitrogens is 4. The van der Waals surface area contributed by atoms with Gasteiger partial charge in [0.1, 0.15) is 23.9 Å². The fourth-order valence-corrected chi connectivity index (χ4v) is 4.60. The standard InChI is InChI=1S/C29H27FN4O/c1-29(2,3)28(19-7-5-4-6-8-19)25-16-23(12-13-24(25)27-17-31-34-33-27)35-18-22-11-9-20-15-21(30)10-14-26(20)32-22/h4-17,28H,18H2,1-3H3,(H,31,33,34). The molecule has 1 N–H and O–H groups in total. The summed E-state index contributed by atoms with van der Waals surface area (Å²) in [6.45, 7) is 7.04. The monoisotopic (exact) mass is 466 g/mol. The Morgan fingerprint density at radius 1 is 0.943 bits per heavy atom. The minimum atomic E-state index is -0.269. The van der Waals surface area contributed by atoms with E-state index < -0.39 is 0 Å². The molecule has 2 aromatic heterocycles. The molecule has 0 saturated carbocycles. The van der Waals surface area contributed by atoms with E-state index in [1.165, 1.54) is 17.7 Å². The van der Waals surface area contributed by atoms with Crippen molar-refractivity contribution in [2.24, 2.45) is 5.41 Å². The fourth-order valence-electron chi connectivity index (χ4n) is 4.60. The molecule has 0 bridgehead atoms. The summed E-state index contributed by atoms with van der Waals surface area (Å²) in [6, 6.07) is 24.9. The van der Waals surface area contributed by atoms with Crippen LogP contribution in [-0.4, -0.2) is 20.4 Å². The zero-order valence-corrected chi connectivity index (χ0v) is 20.0. The predicted molar refractivity (Wildman–Crippen MR) is 136 cm³/mol. The Labute approximate surface area is 204 Å². The number of rotatable bonds is 6. The fraction of sp³-hybridized carbons (Fsp3) is 0.207. The molecular formula is C29H27FN4O. The summed E-state index contributed by atoms with van der Waals surface area (Å²) in [5.41, 5.74) is 5.62. The van der Waals surface area contributed by atoms with Gasteiger partial charge in [0.15, 0.2) is 0 Å². The molecule has 6 heteroatoms. The average Bonchev–Trinajstić information content (AvgIpc) is 3.37. The summed E-state index contributed by atoms with van der Waals surface area (Å²) < 4.78 is 19.7. The molecule has 5 aromatic rings. The molecule has 2 heterocycles. The van der Waals surface area contributed by atoms with Crippen molar-refractivity contribution in [2.45, 2.75) is 33.3 Å². The topological polar surface area (TPSA) is 63.7 Å². The minimum Gasteiger partial charge on any atom is -0.487 e. The van der Waals surface area contributed by atoms with Crippen molar-refractivity contribution in [3.05, 3.63) is 108 Å². The average molecular weight is 467 g/mol. The highest BCUT2D eigenvalue weighted by atomic mass is 19.1. The van der Waals surface area contributed by atoms with Crippen LogP contribution in [0.3, 0.4) is 0 Å². The van der Waals surface area contributed by atoms with E-state index in [9.17, 15) is 4.39 Å². The van der Waals surface area contributed by atoms with Crippen LogP contribution in [0.15, 0.2) is 85.1 Å². The highest BCUT2D eigenvalue weighted by Gasteiger charge is 2.31. The normalized spacial score (nSPS) is 12.6. The van der Waals surface area contributed by atoms with E-state index in [4.69, 9.17) is 4.74 Å². The van der Waals surface area contributed by atoms with Crippen LogP contribution in [0.25, 0.3) is 22.2 Å². The van der Waals surface area contributed by atoms with Crippen LogP contribution in [0.1, 0.15) is 43.5 Å². The van der Waals surface area contributed by atoms with E-state index in [-0.39, 0.29) is 17.2 Å². The lowest BCUT2D eigenvalue weighted by molar-refractivity contribution is 0.300. The lowest BCUT2D eigenvalue weighted by Crippen LogP contribution is -2.20. The third-order valence-electron chi connectivity index (χ3n) is 6.12. The summed E-state index contributed by atoms with van der Waals surface area (Å²) >= 11 is 0. The number of fused-ring (bicyclic) bond motifs is 1. The molecular weight excluding hydrogens is 439 g/mol. The van der Waals surface area contributed by atoms with Gasteiger partial charge in [0.2, 0.25) is 0 Å². The van der Waals surface area contributed by atoms with E-state index in [1.54, 1.807) is 12.3 Å². The molecule has 0 aliphatic heterocycles. The molecule has 5 rings (SSSR count). The Morgan fingerprint density at radius 2 is 1.77 bits per heavy atom. The first-order chi connectivity index (χ1) is 16.9. The van der Waals surface area contributed by atoms with Crippen LogP contribution in [0.4, 0.5) is 4.39 Å². The number of aromatic amines is 1. The molecule has 3 aromatic carbocycles. The number of halogens is 1. The highest BCUT2D eigenvalue weighted by Crippen LogP contribution is 2.45. The predicted octanol–water partition coefficient (Wildman–Crippen LogP) is 6.92. The quantitative estimate of drug-likeness (QED) is 0.295. The smallest absolute Gasteiger partial charge is 0.130 e. The SMILES string of the molecule is CC(C)(C)C(c1ccccc1)c1cc(OCc2ccc3cc(F)ccc3n2)ccc1-c1cn[nH]n1. The largest absolute Gasteiger partial charge is 0.487 e. The number of pyridine rings is 1. The van der Waals surface area contributed by atoms with Gasteiger partial charge in [0.25, 0.3) is 0 Å². The molecule has 176 valence electrons. The van der Waals surface area contributed by atoms with Crippen molar-refractivity contribution in [3.63, 3.8) is 0 Å². The molecule has 35 heavy (non-hydrogen) atoms. The van der Waals surface area contributed by atoms with Crippen LogP contribution in [0.5, 0.6) is 5.75 Å². The van der Waals surface area contributed by atoms with Crippen molar-refractivity contribution in [1.29, 1.82) is 0 Å². The van der Waals surface area contributed by atoms with Gasteiger partial charge in [0.05, 0.1) is 17.4 Å². The number of ether oxygens (including phenoxy) is 1. The zero-order valence-electron chi connectivity index (χ0n) is 20.0. The minimum absolute atomic E-state index is 0.0619. The van der Waals surface area contributed by atoms with E-state index >= 15 is 0 Å². The summed E-state index contributed by atoms with van der Waals surface area (Å²) in [5, 5.41) is 11.9. The first-order valence-corrected chi connectivity index (χ1v) is 11.6. The molecule has 0 spiro atoms. The molecule has 0 saturated heterocycles. The van der Waals surface area contributed by atoms with Gasteiger partial charge in [-0.05, 0) is 59.0 Å². The number of H-pyrrole nitrogens is 1. The second-order valence-corrected chi connectivity index (χ2v) is 9.74. The maximum Gasteiger partial charge on any atom is 0.130 e. The first kappa shape index (κ1) is 22.7. The van der Waals surface area contributed by atoms with Gasteiger partial charge in [-0.3, -0.25) is 0 Å². The molecule has 0 amide bonds. The Morgan fingerprint density at radius 3 is 2.51 bits per heavy atom. The zero-order chi connectivity index (χ0) is 24.4. The van der Waals surface area contributed by atoms with Crippen LogP contribution in [0, 0.1) is 11.2 Å². The molecule has 0 fully saturated rings. The molecule has 0 radical (unpaired) electrons. The van der Waals surface area contributed by atoms with E-state index in [2.05, 4.69) is 71.5 Å². The van der Waals surface area contributed by atoms with Gasteiger partial charge in [-0.25, -0.2) is 9.37 Å². The van der Waals surface area contributed by atoms with Gasteiger partial charge in [-0.15, -0.1) is 0 Å². The number of hydrogen-bond donors (Lipinski definition) is 1. The van der Waals surface area contributed by atoms with E-state index in [1.807, 2.05) is 30.3 Å². The maximum absolute atomic E-state index is 13.5.